The largest absolute Gasteiger partial charge is 0.369 e. The van der Waals surface area contributed by atoms with Gasteiger partial charge in [0.2, 0.25) is 15.9 Å². The number of sulfonamides is 1. The fourth-order valence-electron chi connectivity index (χ4n) is 5.55. The zero-order chi connectivity index (χ0) is 31.2. The van der Waals surface area contributed by atoms with E-state index in [1.807, 2.05) is 41.1 Å². The van der Waals surface area contributed by atoms with E-state index in [4.69, 9.17) is 15.7 Å². The number of benzene rings is 2. The molecule has 4 heterocycles. The van der Waals surface area contributed by atoms with Gasteiger partial charge >= 0.3 is 0 Å². The predicted octanol–water partition coefficient (Wildman–Crippen LogP) is 4.88. The highest BCUT2D eigenvalue weighted by Gasteiger charge is 2.29. The molecule has 0 atom stereocenters. The molecule has 2 aromatic carbocycles. The van der Waals surface area contributed by atoms with E-state index < -0.39 is 21.7 Å². The Kier molecular flexibility index (Phi) is 7.95. The third kappa shape index (κ3) is 5.58. The monoisotopic (exact) mass is 636 g/mol. The molecular weight excluding hydrogens is 607 g/mol. The maximum atomic E-state index is 16.2. The highest BCUT2D eigenvalue weighted by Crippen LogP contribution is 2.37. The molecule has 0 bridgehead atoms. The maximum Gasteiger partial charge on any atom is 0.234 e. The first-order valence-corrected chi connectivity index (χ1v) is 16.6. The summed E-state index contributed by atoms with van der Waals surface area (Å²) >= 11 is 1.40. The van der Waals surface area contributed by atoms with Crippen LogP contribution in [-0.2, 0) is 21.2 Å². The van der Waals surface area contributed by atoms with Gasteiger partial charge < -0.3 is 10.6 Å². The Morgan fingerprint density at radius 1 is 0.977 bits per heavy atom. The third-order valence-electron chi connectivity index (χ3n) is 7.85. The number of rotatable bonds is 8. The molecular formula is C31H30F2N6O3S2. The second-order valence-corrected chi connectivity index (χ2v) is 13.5. The number of pyridine rings is 1. The van der Waals surface area contributed by atoms with Gasteiger partial charge in [-0.25, -0.2) is 27.2 Å². The molecule has 6 rings (SSSR count). The van der Waals surface area contributed by atoms with E-state index in [0.717, 1.165) is 16.9 Å². The van der Waals surface area contributed by atoms with Gasteiger partial charge in [-0.1, -0.05) is 13.0 Å². The van der Waals surface area contributed by atoms with Crippen molar-refractivity contribution in [2.24, 2.45) is 5.73 Å². The number of nitrogens with two attached hydrogens (primary N) is 1. The Bertz CT molecular complexity index is 1980. The molecule has 1 aliphatic heterocycles. The van der Waals surface area contributed by atoms with E-state index in [9.17, 15) is 17.6 Å². The van der Waals surface area contributed by atoms with Gasteiger partial charge in [-0.15, -0.1) is 11.3 Å². The molecule has 0 radical (unpaired) electrons. The molecule has 1 fully saturated rings. The summed E-state index contributed by atoms with van der Waals surface area (Å²) in [4.78, 5) is 22.7. The number of primary amides is 1. The summed E-state index contributed by atoms with van der Waals surface area (Å²) < 4.78 is 57.7. The van der Waals surface area contributed by atoms with E-state index in [0.29, 0.717) is 58.2 Å². The highest BCUT2D eigenvalue weighted by atomic mass is 32.2. The first-order valence-electron chi connectivity index (χ1n) is 14.1. The number of amides is 1. The second-order valence-electron chi connectivity index (χ2n) is 10.6. The van der Waals surface area contributed by atoms with Crippen molar-refractivity contribution in [2.75, 3.05) is 36.8 Å². The summed E-state index contributed by atoms with van der Waals surface area (Å²) in [6.07, 6.45) is 2.50. The van der Waals surface area contributed by atoms with Crippen LogP contribution in [-0.4, -0.2) is 64.9 Å². The van der Waals surface area contributed by atoms with Crippen LogP contribution in [0.25, 0.3) is 38.7 Å². The lowest BCUT2D eigenvalue weighted by molar-refractivity contribution is -0.115. The fraction of sp³-hybridized carbons (Fsp3) is 0.258. The maximum absolute atomic E-state index is 16.2. The van der Waals surface area contributed by atoms with Crippen LogP contribution in [0.2, 0.25) is 0 Å². The van der Waals surface area contributed by atoms with E-state index in [1.165, 1.54) is 27.8 Å². The number of anilines is 1. The number of piperazine rings is 1. The quantitative estimate of drug-likeness (QED) is 0.260. The molecule has 9 nitrogen and oxygen atoms in total. The number of carbonyl (C=O) groups excluding carboxylic acids is 1. The van der Waals surface area contributed by atoms with Gasteiger partial charge in [0.15, 0.2) is 0 Å². The lowest BCUT2D eigenvalue weighted by atomic mass is 10.0. The molecule has 2 N–H and O–H groups in total. The summed E-state index contributed by atoms with van der Waals surface area (Å²) in [5.74, 6) is -2.28. The average Bonchev–Trinajstić information content (AvgIpc) is 3.63. The molecule has 1 saturated heterocycles. The Balaban J connectivity index is 1.31. The molecule has 13 heteroatoms. The SMILES string of the molecule is CCc1nc2ccc(N3CCN(S(=O)(=O)CC(N)=O)CC3)cn2c1-c1ccc(-c2nc(-c3ccc(F)cc3)cs2)c(C)c1F. The van der Waals surface area contributed by atoms with Crippen LogP contribution in [0, 0.1) is 18.6 Å². The van der Waals surface area contributed by atoms with Crippen LogP contribution in [0.4, 0.5) is 14.5 Å². The smallest absolute Gasteiger partial charge is 0.234 e. The van der Waals surface area contributed by atoms with Gasteiger partial charge in [-0.3, -0.25) is 9.20 Å². The van der Waals surface area contributed by atoms with Gasteiger partial charge in [0, 0.05) is 54.4 Å². The van der Waals surface area contributed by atoms with Crippen LogP contribution in [0.3, 0.4) is 0 Å². The molecule has 1 amide bonds. The molecule has 1 aliphatic rings. The number of aryl methyl sites for hydroxylation is 1. The van der Waals surface area contributed by atoms with Gasteiger partial charge in [0.25, 0.3) is 0 Å². The Morgan fingerprint density at radius 2 is 1.68 bits per heavy atom. The first kappa shape index (κ1) is 29.9. The number of carbonyl (C=O) groups is 1. The number of thiazole rings is 1. The lowest BCUT2D eigenvalue weighted by Crippen LogP contribution is -2.50. The van der Waals surface area contributed by atoms with Gasteiger partial charge in [-0.2, -0.15) is 4.31 Å². The minimum atomic E-state index is -3.75. The number of aromatic nitrogens is 3. The first-order chi connectivity index (χ1) is 21.1. The number of halogens is 2. The topological polar surface area (TPSA) is 114 Å². The Hall–Kier alpha value is -4.20. The van der Waals surface area contributed by atoms with Crippen molar-refractivity contribution in [3.8, 4) is 33.1 Å². The standard InChI is InChI=1S/C31H30F2N6O3S2/c1-3-25-30(24-10-9-23(19(2)29(24)33)31-36-26(17-43-31)20-4-6-21(32)7-5-20)39-16-22(8-11-28(39)35-25)37-12-14-38(15-13-37)44(41,42)18-27(34)40/h4-11,16-17H,3,12-15,18H2,1-2H3,(H2,34,40). The van der Waals surface area contributed by atoms with Gasteiger partial charge in [0.05, 0.1) is 22.8 Å². The number of fused-ring (bicyclic) bond motifs is 1. The molecule has 0 saturated carbocycles. The lowest BCUT2D eigenvalue weighted by Gasteiger charge is -2.35. The molecule has 0 aliphatic carbocycles. The van der Waals surface area contributed by atoms with Crippen molar-refractivity contribution in [2.45, 2.75) is 20.3 Å². The predicted molar refractivity (Wildman–Crippen MR) is 168 cm³/mol. The van der Waals surface area contributed by atoms with Crippen LogP contribution in [0.1, 0.15) is 18.2 Å². The molecule has 5 aromatic rings. The number of nitrogens with zero attached hydrogens (tertiary/aromatic N) is 5. The molecule has 228 valence electrons. The summed E-state index contributed by atoms with van der Waals surface area (Å²) in [7, 11) is -3.75. The molecule has 44 heavy (non-hydrogen) atoms. The molecule has 3 aromatic heterocycles. The molecule has 0 unspecified atom stereocenters. The van der Waals surface area contributed by atoms with E-state index >= 15 is 4.39 Å². The summed E-state index contributed by atoms with van der Waals surface area (Å²) in [6.45, 7) is 5.00. The Morgan fingerprint density at radius 3 is 2.36 bits per heavy atom. The number of hydrogen-bond acceptors (Lipinski definition) is 7. The zero-order valence-electron chi connectivity index (χ0n) is 24.1. The minimum absolute atomic E-state index is 0.222. The van der Waals surface area contributed by atoms with Crippen LogP contribution < -0.4 is 10.6 Å². The van der Waals surface area contributed by atoms with Crippen LogP contribution in [0.15, 0.2) is 60.1 Å². The summed E-state index contributed by atoms with van der Waals surface area (Å²) in [6, 6.07) is 13.5. The van der Waals surface area contributed by atoms with Crippen LogP contribution >= 0.6 is 11.3 Å². The minimum Gasteiger partial charge on any atom is -0.369 e. The zero-order valence-corrected chi connectivity index (χ0v) is 25.8. The average molecular weight is 637 g/mol. The van der Waals surface area contributed by atoms with E-state index in [-0.39, 0.29) is 24.7 Å². The van der Waals surface area contributed by atoms with E-state index in [2.05, 4.69) is 4.90 Å². The number of imidazole rings is 1. The third-order valence-corrected chi connectivity index (χ3v) is 10.5. The summed E-state index contributed by atoms with van der Waals surface area (Å²) in [5, 5.41) is 2.54. The number of hydrogen-bond donors (Lipinski definition) is 1. The van der Waals surface area contributed by atoms with Crippen molar-refractivity contribution in [1.82, 2.24) is 18.7 Å². The van der Waals surface area contributed by atoms with Gasteiger partial charge in [-0.05, 0) is 61.4 Å². The molecule has 0 spiro atoms. The van der Waals surface area contributed by atoms with E-state index in [1.54, 1.807) is 25.1 Å². The van der Waals surface area contributed by atoms with Crippen molar-refractivity contribution in [3.63, 3.8) is 0 Å². The van der Waals surface area contributed by atoms with Crippen molar-refractivity contribution >= 4 is 38.6 Å². The van der Waals surface area contributed by atoms with Crippen molar-refractivity contribution < 1.29 is 22.0 Å². The van der Waals surface area contributed by atoms with Crippen molar-refractivity contribution in [1.29, 1.82) is 0 Å². The fourth-order valence-corrected chi connectivity index (χ4v) is 7.72. The van der Waals surface area contributed by atoms with Crippen LogP contribution in [0.5, 0.6) is 0 Å². The van der Waals surface area contributed by atoms with Gasteiger partial charge in [0.1, 0.15) is 28.0 Å². The highest BCUT2D eigenvalue weighted by molar-refractivity contribution is 7.89. The summed E-state index contributed by atoms with van der Waals surface area (Å²) in [5.41, 5.74) is 11.1. The second kappa shape index (κ2) is 11.7. The Labute approximate surface area is 257 Å². The normalized spacial score (nSPS) is 14.4. The van der Waals surface area contributed by atoms with Crippen molar-refractivity contribution in [3.05, 3.63) is 83.0 Å².